The fourth-order valence-electron chi connectivity index (χ4n) is 0.764. The van der Waals surface area contributed by atoms with Crippen LogP contribution in [0.2, 0.25) is 0 Å². The van der Waals surface area contributed by atoms with E-state index in [1.807, 2.05) is 13.8 Å². The van der Waals surface area contributed by atoms with Gasteiger partial charge in [-0.15, -0.1) is 23.2 Å². The fourth-order valence-corrected chi connectivity index (χ4v) is 1.26. The smallest absolute Gasteiger partial charge is 0.306 e. The number of hydrogen-bond acceptors (Lipinski definition) is 2. The van der Waals surface area contributed by atoms with Gasteiger partial charge in [0, 0.05) is 5.88 Å². The summed E-state index contributed by atoms with van der Waals surface area (Å²) >= 11 is 11.5. The summed E-state index contributed by atoms with van der Waals surface area (Å²) in [5.74, 6) is 0.0849. The molecule has 4 heteroatoms. The number of rotatable bonds is 4. The Morgan fingerprint density at radius 2 is 2.08 bits per heavy atom. The zero-order valence-electron chi connectivity index (χ0n) is 7.56. The maximum atomic E-state index is 10.9. The first-order valence-corrected chi connectivity index (χ1v) is 4.68. The third-order valence-corrected chi connectivity index (χ3v) is 3.02. The highest BCUT2D eigenvalue weighted by Crippen LogP contribution is 2.30. The zero-order valence-corrected chi connectivity index (χ0v) is 9.08. The standard InChI is InChI=1S/C8H14Cl2O2/c1-8(2,6(10)5-9)4-7(11)12-3/h6H,4-5H2,1-3H3. The van der Waals surface area contributed by atoms with Crippen LogP contribution >= 0.6 is 23.2 Å². The van der Waals surface area contributed by atoms with E-state index >= 15 is 0 Å². The molecule has 1 unspecified atom stereocenters. The van der Waals surface area contributed by atoms with E-state index in [0.29, 0.717) is 12.3 Å². The molecule has 0 N–H and O–H groups in total. The Balaban J connectivity index is 4.11. The lowest BCUT2D eigenvalue weighted by Crippen LogP contribution is -2.29. The van der Waals surface area contributed by atoms with Crippen molar-refractivity contribution in [2.75, 3.05) is 13.0 Å². The van der Waals surface area contributed by atoms with E-state index in [1.54, 1.807) is 0 Å². The fraction of sp³-hybridized carbons (Fsp3) is 0.875. The van der Waals surface area contributed by atoms with Crippen molar-refractivity contribution < 1.29 is 9.53 Å². The van der Waals surface area contributed by atoms with E-state index in [9.17, 15) is 4.79 Å². The second-order valence-corrected chi connectivity index (χ2v) is 4.20. The number of methoxy groups -OCH3 is 1. The van der Waals surface area contributed by atoms with Crippen molar-refractivity contribution in [2.45, 2.75) is 25.6 Å². The van der Waals surface area contributed by atoms with Crippen molar-refractivity contribution in [1.29, 1.82) is 0 Å². The average Bonchev–Trinajstić information content (AvgIpc) is 2.02. The molecule has 0 aromatic rings. The lowest BCUT2D eigenvalue weighted by molar-refractivity contribution is -0.142. The summed E-state index contributed by atoms with van der Waals surface area (Å²) in [4.78, 5) is 10.9. The second-order valence-electron chi connectivity index (χ2n) is 3.36. The summed E-state index contributed by atoms with van der Waals surface area (Å²) in [6, 6.07) is 0. The molecule has 0 aliphatic heterocycles. The number of alkyl halides is 2. The first-order chi connectivity index (χ1) is 5.44. The van der Waals surface area contributed by atoms with Crippen molar-refractivity contribution in [3.63, 3.8) is 0 Å². The molecule has 0 rings (SSSR count). The molecule has 0 aromatic heterocycles. The Kier molecular flexibility index (Phi) is 4.95. The maximum Gasteiger partial charge on any atom is 0.306 e. The first-order valence-electron chi connectivity index (χ1n) is 3.71. The second kappa shape index (κ2) is 4.93. The van der Waals surface area contributed by atoms with Gasteiger partial charge in [0.05, 0.1) is 18.9 Å². The van der Waals surface area contributed by atoms with Crippen LogP contribution in [0.3, 0.4) is 0 Å². The van der Waals surface area contributed by atoms with Crippen LogP contribution in [0, 0.1) is 5.41 Å². The molecule has 0 fully saturated rings. The highest BCUT2D eigenvalue weighted by Gasteiger charge is 2.30. The minimum atomic E-state index is -0.309. The van der Waals surface area contributed by atoms with Gasteiger partial charge in [0.15, 0.2) is 0 Å². The molecule has 12 heavy (non-hydrogen) atoms. The predicted molar refractivity (Wildman–Crippen MR) is 50.8 cm³/mol. The zero-order chi connectivity index (χ0) is 9.78. The van der Waals surface area contributed by atoms with Crippen LogP contribution in [-0.2, 0) is 9.53 Å². The summed E-state index contributed by atoms with van der Waals surface area (Å²) in [6.07, 6.45) is 0.296. The molecule has 0 bridgehead atoms. The molecule has 0 aromatic carbocycles. The number of carbonyl (C=O) groups excluding carboxylic acids is 1. The predicted octanol–water partition coefficient (Wildman–Crippen LogP) is 2.42. The minimum absolute atomic E-state index is 0.210. The maximum absolute atomic E-state index is 10.9. The molecule has 0 saturated heterocycles. The lowest BCUT2D eigenvalue weighted by Gasteiger charge is -2.27. The molecule has 0 heterocycles. The number of halogens is 2. The van der Waals surface area contributed by atoms with Crippen molar-refractivity contribution in [3.8, 4) is 0 Å². The van der Waals surface area contributed by atoms with Crippen LogP contribution in [0.15, 0.2) is 0 Å². The minimum Gasteiger partial charge on any atom is -0.469 e. The monoisotopic (exact) mass is 212 g/mol. The van der Waals surface area contributed by atoms with E-state index in [1.165, 1.54) is 7.11 Å². The molecule has 0 radical (unpaired) electrons. The van der Waals surface area contributed by atoms with E-state index < -0.39 is 0 Å². The van der Waals surface area contributed by atoms with Gasteiger partial charge in [-0.05, 0) is 5.41 Å². The third kappa shape index (κ3) is 3.63. The molecule has 0 amide bonds. The van der Waals surface area contributed by atoms with E-state index in [4.69, 9.17) is 23.2 Å². The summed E-state index contributed by atoms with van der Waals surface area (Å²) in [7, 11) is 1.36. The summed E-state index contributed by atoms with van der Waals surface area (Å²) in [5, 5.41) is -0.210. The highest BCUT2D eigenvalue weighted by molar-refractivity contribution is 6.28. The van der Waals surface area contributed by atoms with Gasteiger partial charge in [-0.1, -0.05) is 13.8 Å². The summed E-state index contributed by atoms with van der Waals surface area (Å²) < 4.78 is 4.54. The molecule has 0 aliphatic rings. The largest absolute Gasteiger partial charge is 0.469 e. The molecular weight excluding hydrogens is 199 g/mol. The SMILES string of the molecule is COC(=O)CC(C)(C)C(Cl)CCl. The molecule has 0 aliphatic carbocycles. The molecule has 0 saturated carbocycles. The van der Waals surface area contributed by atoms with Gasteiger partial charge in [0.2, 0.25) is 0 Å². The van der Waals surface area contributed by atoms with Crippen molar-refractivity contribution >= 4 is 29.2 Å². The van der Waals surface area contributed by atoms with Crippen LogP contribution in [0.4, 0.5) is 0 Å². The number of carbonyl (C=O) groups is 1. The third-order valence-electron chi connectivity index (χ3n) is 1.81. The summed E-state index contributed by atoms with van der Waals surface area (Å²) in [5.41, 5.74) is -0.309. The summed E-state index contributed by atoms with van der Waals surface area (Å²) in [6.45, 7) is 3.79. The number of esters is 1. The van der Waals surface area contributed by atoms with Crippen molar-refractivity contribution in [1.82, 2.24) is 0 Å². The van der Waals surface area contributed by atoms with E-state index in [0.717, 1.165) is 0 Å². The van der Waals surface area contributed by atoms with Crippen LogP contribution in [0.1, 0.15) is 20.3 Å². The van der Waals surface area contributed by atoms with Gasteiger partial charge in [-0.25, -0.2) is 0 Å². The van der Waals surface area contributed by atoms with E-state index in [2.05, 4.69) is 4.74 Å². The average molecular weight is 213 g/mol. The van der Waals surface area contributed by atoms with Gasteiger partial charge in [0.25, 0.3) is 0 Å². The van der Waals surface area contributed by atoms with Gasteiger partial charge in [0.1, 0.15) is 0 Å². The Labute approximate surface area is 83.2 Å². The molecular formula is C8H14Cl2O2. The Morgan fingerprint density at radius 3 is 2.42 bits per heavy atom. The molecule has 2 nitrogen and oxygen atoms in total. The normalized spacial score (nSPS) is 14.1. The van der Waals surface area contributed by atoms with Crippen LogP contribution < -0.4 is 0 Å². The topological polar surface area (TPSA) is 26.3 Å². The molecule has 1 atom stereocenters. The van der Waals surface area contributed by atoms with Gasteiger partial charge < -0.3 is 4.74 Å². The van der Waals surface area contributed by atoms with Crippen LogP contribution in [-0.4, -0.2) is 24.3 Å². The van der Waals surface area contributed by atoms with E-state index in [-0.39, 0.29) is 16.8 Å². The lowest BCUT2D eigenvalue weighted by atomic mass is 9.86. The quantitative estimate of drug-likeness (QED) is 0.529. The van der Waals surface area contributed by atoms with Crippen molar-refractivity contribution in [2.24, 2.45) is 5.41 Å². The molecule has 0 spiro atoms. The number of ether oxygens (including phenoxy) is 1. The highest BCUT2D eigenvalue weighted by atomic mass is 35.5. The Hall–Kier alpha value is 0.0500. The molecule has 72 valence electrons. The van der Waals surface area contributed by atoms with Gasteiger partial charge in [-0.3, -0.25) is 4.79 Å². The van der Waals surface area contributed by atoms with Gasteiger partial charge >= 0.3 is 5.97 Å². The van der Waals surface area contributed by atoms with Gasteiger partial charge in [-0.2, -0.15) is 0 Å². The first kappa shape index (κ1) is 12.0. The van der Waals surface area contributed by atoms with Crippen LogP contribution in [0.5, 0.6) is 0 Å². The Morgan fingerprint density at radius 1 is 1.58 bits per heavy atom. The van der Waals surface area contributed by atoms with Crippen LogP contribution in [0.25, 0.3) is 0 Å². The number of hydrogen-bond donors (Lipinski definition) is 0. The van der Waals surface area contributed by atoms with Crippen molar-refractivity contribution in [3.05, 3.63) is 0 Å². The Bertz CT molecular complexity index is 157.